The number of hydrogen-bond acceptors (Lipinski definition) is 3. The molecule has 1 amide bonds. The Morgan fingerprint density at radius 1 is 1.26 bits per heavy atom. The number of fused-ring (bicyclic) bond motifs is 3. The second kappa shape index (κ2) is 9.57. The summed E-state index contributed by atoms with van der Waals surface area (Å²) in [5.41, 5.74) is 1.28. The predicted molar refractivity (Wildman–Crippen MR) is 130 cm³/mol. The first-order valence-electron chi connectivity index (χ1n) is 12.6. The van der Waals surface area contributed by atoms with Crippen LogP contribution in [0.1, 0.15) is 86.0 Å². The summed E-state index contributed by atoms with van der Waals surface area (Å²) in [6, 6.07) is 8.68. The Kier molecular flexibility index (Phi) is 7.02. The number of aromatic nitrogens is 1. The van der Waals surface area contributed by atoms with E-state index in [1.54, 1.807) is 43.5 Å². The van der Waals surface area contributed by atoms with Gasteiger partial charge in [-0.25, -0.2) is 0 Å². The van der Waals surface area contributed by atoms with Crippen LogP contribution in [0.15, 0.2) is 36.5 Å². The molecule has 190 valence electrons. The molecule has 0 unspecified atom stereocenters. The standard InChI is InChI=1S/C28H35F3N2O2/c1-18(2)15-26(35)11-12-27(17-28(29,30)31)22(16-26)7-4-6-20-14-21(9-10-23(20)27)25(34)33-24-8-5-13-32-19(24)3/h5,8-10,13-14,18,22,35H,4,6-7,11-12,15-17H2,1-3H3,(H,33,34)/t22-,26-,27-/m0/s1. The fraction of sp³-hybridized carbons (Fsp3) is 0.571. The predicted octanol–water partition coefficient (Wildman–Crippen LogP) is 6.75. The highest BCUT2D eigenvalue weighted by molar-refractivity contribution is 6.04. The van der Waals surface area contributed by atoms with Gasteiger partial charge in [0.1, 0.15) is 0 Å². The van der Waals surface area contributed by atoms with Crippen LogP contribution in [0.3, 0.4) is 0 Å². The Hall–Kier alpha value is -2.41. The van der Waals surface area contributed by atoms with E-state index in [4.69, 9.17) is 0 Å². The van der Waals surface area contributed by atoms with Crippen LogP contribution in [0.25, 0.3) is 0 Å². The van der Waals surface area contributed by atoms with Crippen LogP contribution in [0.4, 0.5) is 18.9 Å². The summed E-state index contributed by atoms with van der Waals surface area (Å²) in [6.07, 6.45) is 0.0972. The molecule has 1 aromatic carbocycles. The van der Waals surface area contributed by atoms with Crippen LogP contribution in [-0.4, -0.2) is 27.8 Å². The lowest BCUT2D eigenvalue weighted by Gasteiger charge is -2.51. The lowest BCUT2D eigenvalue weighted by Crippen LogP contribution is -2.50. The van der Waals surface area contributed by atoms with E-state index >= 15 is 0 Å². The fourth-order valence-electron chi connectivity index (χ4n) is 6.56. The molecular formula is C28H35F3N2O2. The van der Waals surface area contributed by atoms with Crippen LogP contribution in [-0.2, 0) is 11.8 Å². The number of amides is 1. The summed E-state index contributed by atoms with van der Waals surface area (Å²) in [7, 11) is 0. The second-order valence-electron chi connectivity index (χ2n) is 11.0. The summed E-state index contributed by atoms with van der Waals surface area (Å²) in [6.45, 7) is 5.88. The Morgan fingerprint density at radius 3 is 2.71 bits per heavy atom. The summed E-state index contributed by atoms with van der Waals surface area (Å²) >= 11 is 0. The zero-order valence-corrected chi connectivity index (χ0v) is 20.7. The number of benzene rings is 1. The highest BCUT2D eigenvalue weighted by atomic mass is 19.4. The van der Waals surface area contributed by atoms with E-state index in [0.717, 1.165) is 12.0 Å². The maximum Gasteiger partial charge on any atom is 0.389 e. The SMILES string of the molecule is Cc1ncccc1NC(=O)c1ccc2c(c1)CCC[C@H]1C[C@@](O)(CC(C)C)CC[C@@]21CC(F)(F)F. The number of carbonyl (C=O) groups excluding carboxylic acids is 1. The molecule has 0 aliphatic heterocycles. The Morgan fingerprint density at radius 2 is 2.03 bits per heavy atom. The number of hydrogen-bond donors (Lipinski definition) is 2. The van der Waals surface area contributed by atoms with Gasteiger partial charge in [-0.1, -0.05) is 19.9 Å². The van der Waals surface area contributed by atoms with Crippen molar-refractivity contribution in [1.82, 2.24) is 4.98 Å². The van der Waals surface area contributed by atoms with E-state index in [-0.39, 0.29) is 17.7 Å². The first-order chi connectivity index (χ1) is 16.4. The van der Waals surface area contributed by atoms with Crippen molar-refractivity contribution in [2.24, 2.45) is 11.8 Å². The van der Waals surface area contributed by atoms with Gasteiger partial charge in [0.15, 0.2) is 0 Å². The number of nitrogens with zero attached hydrogens (tertiary/aromatic N) is 1. The van der Waals surface area contributed by atoms with Crippen molar-refractivity contribution in [3.63, 3.8) is 0 Å². The van der Waals surface area contributed by atoms with Gasteiger partial charge in [0.25, 0.3) is 5.91 Å². The topological polar surface area (TPSA) is 62.2 Å². The fourth-order valence-corrected chi connectivity index (χ4v) is 6.56. The van der Waals surface area contributed by atoms with E-state index < -0.39 is 23.6 Å². The molecule has 0 spiro atoms. The van der Waals surface area contributed by atoms with Gasteiger partial charge in [-0.15, -0.1) is 0 Å². The van der Waals surface area contributed by atoms with Crippen molar-refractivity contribution >= 4 is 11.6 Å². The van der Waals surface area contributed by atoms with E-state index in [0.29, 0.717) is 61.0 Å². The highest BCUT2D eigenvalue weighted by Crippen LogP contribution is 2.57. The zero-order chi connectivity index (χ0) is 25.4. The minimum atomic E-state index is -4.32. The van der Waals surface area contributed by atoms with Gasteiger partial charge in [-0.05, 0) is 99.1 Å². The molecule has 35 heavy (non-hydrogen) atoms. The maximum absolute atomic E-state index is 14.0. The van der Waals surface area contributed by atoms with E-state index in [2.05, 4.69) is 10.3 Å². The lowest BCUT2D eigenvalue weighted by molar-refractivity contribution is -0.166. The molecule has 2 N–H and O–H groups in total. The number of alkyl halides is 3. The average molecular weight is 489 g/mol. The Bertz CT molecular complexity index is 1080. The number of nitrogens with one attached hydrogen (secondary N) is 1. The molecule has 4 rings (SSSR count). The average Bonchev–Trinajstić information content (AvgIpc) is 2.89. The second-order valence-corrected chi connectivity index (χ2v) is 11.0. The number of pyridine rings is 1. The number of anilines is 1. The molecule has 1 heterocycles. The molecular weight excluding hydrogens is 453 g/mol. The molecule has 4 nitrogen and oxygen atoms in total. The Labute approximate surface area is 205 Å². The minimum Gasteiger partial charge on any atom is -0.390 e. The third-order valence-corrected chi connectivity index (χ3v) is 7.91. The molecule has 3 atom stereocenters. The molecule has 7 heteroatoms. The van der Waals surface area contributed by atoms with Crippen LogP contribution < -0.4 is 5.32 Å². The first-order valence-corrected chi connectivity index (χ1v) is 12.6. The number of aliphatic hydroxyl groups is 1. The van der Waals surface area contributed by atoms with E-state index in [9.17, 15) is 23.1 Å². The quantitative estimate of drug-likeness (QED) is 0.490. The van der Waals surface area contributed by atoms with Gasteiger partial charge < -0.3 is 10.4 Å². The van der Waals surface area contributed by atoms with Crippen LogP contribution in [0, 0.1) is 18.8 Å². The number of rotatable bonds is 5. The molecule has 2 aliphatic carbocycles. The van der Waals surface area contributed by atoms with Crippen molar-refractivity contribution in [2.45, 2.75) is 89.3 Å². The van der Waals surface area contributed by atoms with Crippen LogP contribution >= 0.6 is 0 Å². The number of carbonyl (C=O) groups is 1. The maximum atomic E-state index is 14.0. The number of aryl methyl sites for hydroxylation is 2. The lowest BCUT2D eigenvalue weighted by atomic mass is 9.55. The van der Waals surface area contributed by atoms with Gasteiger partial charge in [0, 0.05) is 17.2 Å². The Balaban J connectivity index is 1.69. The van der Waals surface area contributed by atoms with Gasteiger partial charge in [-0.3, -0.25) is 9.78 Å². The third kappa shape index (κ3) is 5.55. The largest absolute Gasteiger partial charge is 0.390 e. The molecule has 0 bridgehead atoms. The summed E-state index contributed by atoms with van der Waals surface area (Å²) in [4.78, 5) is 17.1. The minimum absolute atomic E-state index is 0.249. The summed E-state index contributed by atoms with van der Waals surface area (Å²) < 4.78 is 42.0. The number of halogens is 3. The summed E-state index contributed by atoms with van der Waals surface area (Å²) in [5.74, 6) is -0.275. The van der Waals surface area contributed by atoms with E-state index in [1.807, 2.05) is 13.8 Å². The highest BCUT2D eigenvalue weighted by Gasteiger charge is 2.55. The normalized spacial score (nSPS) is 26.6. The zero-order valence-electron chi connectivity index (χ0n) is 20.7. The van der Waals surface area contributed by atoms with Crippen molar-refractivity contribution in [1.29, 1.82) is 0 Å². The van der Waals surface area contributed by atoms with Gasteiger partial charge >= 0.3 is 6.18 Å². The van der Waals surface area contributed by atoms with Crippen molar-refractivity contribution in [3.8, 4) is 0 Å². The van der Waals surface area contributed by atoms with Crippen LogP contribution in [0.5, 0.6) is 0 Å². The summed E-state index contributed by atoms with van der Waals surface area (Å²) in [5, 5.41) is 14.1. The molecule has 2 aromatic rings. The molecule has 1 fully saturated rings. The smallest absolute Gasteiger partial charge is 0.389 e. The molecule has 0 radical (unpaired) electrons. The van der Waals surface area contributed by atoms with E-state index in [1.165, 1.54) is 0 Å². The molecule has 1 aromatic heterocycles. The monoisotopic (exact) mass is 488 g/mol. The third-order valence-electron chi connectivity index (χ3n) is 7.91. The van der Waals surface area contributed by atoms with Crippen molar-refractivity contribution < 1.29 is 23.1 Å². The molecule has 2 aliphatic rings. The van der Waals surface area contributed by atoms with Gasteiger partial charge in [0.05, 0.1) is 23.4 Å². The molecule has 1 saturated carbocycles. The van der Waals surface area contributed by atoms with Crippen molar-refractivity contribution in [3.05, 3.63) is 58.9 Å². The molecule has 0 saturated heterocycles. The van der Waals surface area contributed by atoms with Gasteiger partial charge in [-0.2, -0.15) is 13.2 Å². The first kappa shape index (κ1) is 25.7. The van der Waals surface area contributed by atoms with Gasteiger partial charge in [0.2, 0.25) is 0 Å². The van der Waals surface area contributed by atoms with Crippen molar-refractivity contribution in [2.75, 3.05) is 5.32 Å². The van der Waals surface area contributed by atoms with Crippen LogP contribution in [0.2, 0.25) is 0 Å².